The molecule has 0 bridgehead atoms. The first-order valence-electron chi connectivity index (χ1n) is 7.82. The second kappa shape index (κ2) is 6.26. The second-order valence-electron chi connectivity index (χ2n) is 6.08. The molecule has 22 heavy (non-hydrogen) atoms. The molecule has 0 unspecified atom stereocenters. The molecule has 1 amide bonds. The Balaban J connectivity index is 1.73. The summed E-state index contributed by atoms with van der Waals surface area (Å²) in [7, 11) is 0. The fourth-order valence-corrected chi connectivity index (χ4v) is 3.26. The van der Waals surface area contributed by atoms with Gasteiger partial charge in [-0.25, -0.2) is 4.98 Å². The highest BCUT2D eigenvalue weighted by Crippen LogP contribution is 2.40. The third-order valence-corrected chi connectivity index (χ3v) is 4.55. The van der Waals surface area contributed by atoms with Crippen molar-refractivity contribution in [2.75, 3.05) is 6.54 Å². The summed E-state index contributed by atoms with van der Waals surface area (Å²) in [5.41, 5.74) is 2.58. The highest BCUT2D eigenvalue weighted by atomic mass is 16.1. The van der Waals surface area contributed by atoms with E-state index in [4.69, 9.17) is 0 Å². The van der Waals surface area contributed by atoms with Gasteiger partial charge in [-0.15, -0.1) is 0 Å². The van der Waals surface area contributed by atoms with Gasteiger partial charge in [0.2, 0.25) is 0 Å². The number of amides is 1. The van der Waals surface area contributed by atoms with Crippen molar-refractivity contribution in [2.45, 2.75) is 38.0 Å². The number of carbonyl (C=O) groups excluding carboxylic acids is 1. The zero-order valence-electron chi connectivity index (χ0n) is 12.9. The van der Waals surface area contributed by atoms with Gasteiger partial charge in [-0.3, -0.25) is 9.78 Å². The summed E-state index contributed by atoms with van der Waals surface area (Å²) in [5.74, 6) is -0.144. The van der Waals surface area contributed by atoms with E-state index in [0.29, 0.717) is 12.2 Å². The summed E-state index contributed by atoms with van der Waals surface area (Å²) in [4.78, 5) is 20.5. The van der Waals surface area contributed by atoms with E-state index >= 15 is 0 Å². The van der Waals surface area contributed by atoms with Crippen LogP contribution < -0.4 is 5.32 Å². The van der Waals surface area contributed by atoms with Gasteiger partial charge in [0.1, 0.15) is 5.69 Å². The number of hydrogen-bond donors (Lipinski definition) is 1. The lowest BCUT2D eigenvalue weighted by molar-refractivity contribution is 0.0937. The van der Waals surface area contributed by atoms with E-state index in [9.17, 15) is 4.79 Å². The molecule has 4 nitrogen and oxygen atoms in total. The quantitative estimate of drug-likeness (QED) is 0.943. The van der Waals surface area contributed by atoms with Gasteiger partial charge in [0, 0.05) is 18.2 Å². The smallest absolute Gasteiger partial charge is 0.271 e. The van der Waals surface area contributed by atoms with E-state index in [2.05, 4.69) is 39.6 Å². The van der Waals surface area contributed by atoms with Crippen LogP contribution in [0.25, 0.3) is 0 Å². The lowest BCUT2D eigenvalue weighted by Crippen LogP contribution is -2.39. The van der Waals surface area contributed by atoms with Crippen LogP contribution in [0, 0.1) is 6.92 Å². The Morgan fingerprint density at radius 3 is 2.50 bits per heavy atom. The molecule has 1 aromatic heterocycles. The van der Waals surface area contributed by atoms with Crippen LogP contribution in [0.5, 0.6) is 0 Å². The van der Waals surface area contributed by atoms with Gasteiger partial charge in [-0.05, 0) is 25.3 Å². The van der Waals surface area contributed by atoms with Crippen molar-refractivity contribution in [2.24, 2.45) is 0 Å². The predicted octanol–water partition coefficient (Wildman–Crippen LogP) is 3.03. The summed E-state index contributed by atoms with van der Waals surface area (Å²) in [6, 6.07) is 10.5. The molecule has 1 N–H and O–H groups in total. The molecule has 1 saturated carbocycles. The average Bonchev–Trinajstić information content (AvgIpc) is 3.04. The molecule has 2 aromatic rings. The highest BCUT2D eigenvalue weighted by molar-refractivity contribution is 5.91. The van der Waals surface area contributed by atoms with Gasteiger partial charge < -0.3 is 5.32 Å². The minimum absolute atomic E-state index is 0.0645. The molecule has 1 heterocycles. The molecule has 0 radical (unpaired) electrons. The van der Waals surface area contributed by atoms with Gasteiger partial charge in [0.15, 0.2) is 0 Å². The number of carbonyl (C=O) groups is 1. The number of rotatable bonds is 4. The van der Waals surface area contributed by atoms with E-state index in [1.807, 2.05) is 13.0 Å². The third-order valence-electron chi connectivity index (χ3n) is 4.55. The molecule has 114 valence electrons. The molecule has 1 aromatic carbocycles. The zero-order chi connectivity index (χ0) is 15.4. The Morgan fingerprint density at radius 1 is 1.14 bits per heavy atom. The Hall–Kier alpha value is -2.23. The SMILES string of the molecule is Cc1cnc(C(=O)NCC2(c3ccccc3)CCCC2)cn1. The zero-order valence-corrected chi connectivity index (χ0v) is 12.9. The number of aromatic nitrogens is 2. The Morgan fingerprint density at radius 2 is 1.86 bits per heavy atom. The molecule has 0 spiro atoms. The lowest BCUT2D eigenvalue weighted by atomic mass is 9.79. The first-order valence-corrected chi connectivity index (χ1v) is 7.82. The van der Waals surface area contributed by atoms with E-state index in [0.717, 1.165) is 18.5 Å². The molecule has 0 saturated heterocycles. The topological polar surface area (TPSA) is 54.9 Å². The third kappa shape index (κ3) is 3.01. The van der Waals surface area contributed by atoms with Gasteiger partial charge in [-0.1, -0.05) is 43.2 Å². The van der Waals surface area contributed by atoms with Crippen LogP contribution >= 0.6 is 0 Å². The maximum absolute atomic E-state index is 12.3. The summed E-state index contributed by atoms with van der Waals surface area (Å²) in [5, 5.41) is 3.06. The van der Waals surface area contributed by atoms with E-state index in [1.165, 1.54) is 24.6 Å². The van der Waals surface area contributed by atoms with Crippen LogP contribution in [-0.2, 0) is 5.41 Å². The minimum Gasteiger partial charge on any atom is -0.350 e. The van der Waals surface area contributed by atoms with Crippen LogP contribution in [0.2, 0.25) is 0 Å². The Labute approximate surface area is 131 Å². The minimum atomic E-state index is -0.144. The number of nitrogens with one attached hydrogen (secondary N) is 1. The molecular formula is C18H21N3O. The first-order chi connectivity index (χ1) is 10.7. The van der Waals surface area contributed by atoms with E-state index in [-0.39, 0.29) is 11.3 Å². The van der Waals surface area contributed by atoms with Crippen molar-refractivity contribution in [3.63, 3.8) is 0 Å². The summed E-state index contributed by atoms with van der Waals surface area (Å²) in [6.07, 6.45) is 7.84. The van der Waals surface area contributed by atoms with Crippen molar-refractivity contribution in [3.8, 4) is 0 Å². The van der Waals surface area contributed by atoms with Crippen molar-refractivity contribution in [3.05, 3.63) is 59.7 Å². The first kappa shape index (κ1) is 14.7. The second-order valence-corrected chi connectivity index (χ2v) is 6.08. The molecule has 0 atom stereocenters. The standard InChI is InChI=1S/C18H21N3O/c1-14-11-20-16(12-19-14)17(22)21-13-18(9-5-6-10-18)15-7-3-2-4-8-15/h2-4,7-8,11-12H,5-6,9-10,13H2,1H3,(H,21,22). The number of nitrogens with zero attached hydrogens (tertiary/aromatic N) is 2. The van der Waals surface area contributed by atoms with Crippen molar-refractivity contribution in [1.29, 1.82) is 0 Å². The van der Waals surface area contributed by atoms with Crippen molar-refractivity contribution in [1.82, 2.24) is 15.3 Å². The van der Waals surface area contributed by atoms with Crippen LogP contribution in [0.15, 0.2) is 42.7 Å². The van der Waals surface area contributed by atoms with Gasteiger partial charge >= 0.3 is 0 Å². The predicted molar refractivity (Wildman–Crippen MR) is 85.7 cm³/mol. The monoisotopic (exact) mass is 295 g/mol. The molecule has 1 aliphatic rings. The number of hydrogen-bond acceptors (Lipinski definition) is 3. The number of benzene rings is 1. The molecular weight excluding hydrogens is 274 g/mol. The van der Waals surface area contributed by atoms with E-state index in [1.54, 1.807) is 6.20 Å². The number of aryl methyl sites for hydroxylation is 1. The van der Waals surface area contributed by atoms with Crippen molar-refractivity contribution < 1.29 is 4.79 Å². The van der Waals surface area contributed by atoms with Crippen LogP contribution in [0.3, 0.4) is 0 Å². The van der Waals surface area contributed by atoms with E-state index < -0.39 is 0 Å². The summed E-state index contributed by atoms with van der Waals surface area (Å²) < 4.78 is 0. The van der Waals surface area contributed by atoms with Gasteiger partial charge in [0.25, 0.3) is 5.91 Å². The normalized spacial score (nSPS) is 16.4. The maximum Gasteiger partial charge on any atom is 0.271 e. The van der Waals surface area contributed by atoms with Gasteiger partial charge in [-0.2, -0.15) is 0 Å². The van der Waals surface area contributed by atoms with Crippen LogP contribution in [0.4, 0.5) is 0 Å². The average molecular weight is 295 g/mol. The molecule has 3 rings (SSSR count). The maximum atomic E-state index is 12.3. The Kier molecular flexibility index (Phi) is 4.18. The summed E-state index contributed by atoms with van der Waals surface area (Å²) >= 11 is 0. The lowest BCUT2D eigenvalue weighted by Gasteiger charge is -2.30. The van der Waals surface area contributed by atoms with Gasteiger partial charge in [0.05, 0.1) is 11.9 Å². The van der Waals surface area contributed by atoms with Crippen LogP contribution in [0.1, 0.15) is 47.4 Å². The fraction of sp³-hybridized carbons (Fsp3) is 0.389. The van der Waals surface area contributed by atoms with Crippen molar-refractivity contribution >= 4 is 5.91 Å². The molecule has 1 aliphatic carbocycles. The van der Waals surface area contributed by atoms with Crippen LogP contribution in [-0.4, -0.2) is 22.4 Å². The largest absolute Gasteiger partial charge is 0.350 e. The Bertz CT molecular complexity index is 631. The summed E-state index contributed by atoms with van der Waals surface area (Å²) in [6.45, 7) is 2.52. The molecule has 1 fully saturated rings. The highest BCUT2D eigenvalue weighted by Gasteiger charge is 2.35. The molecule has 4 heteroatoms. The fourth-order valence-electron chi connectivity index (χ4n) is 3.26. The molecule has 0 aliphatic heterocycles.